The highest BCUT2D eigenvalue weighted by atomic mass is 19.4. The number of halogens is 3. The predicted molar refractivity (Wildman–Crippen MR) is 96.3 cm³/mol. The van der Waals surface area contributed by atoms with Gasteiger partial charge < -0.3 is 19.4 Å². The predicted octanol–water partition coefficient (Wildman–Crippen LogP) is 4.05. The van der Waals surface area contributed by atoms with Gasteiger partial charge in [0.15, 0.2) is 18.1 Å². The van der Waals surface area contributed by atoms with Crippen LogP contribution in [0, 0.1) is 5.92 Å². The summed E-state index contributed by atoms with van der Waals surface area (Å²) >= 11 is 0. The van der Waals surface area contributed by atoms with Crippen molar-refractivity contribution in [3.63, 3.8) is 0 Å². The van der Waals surface area contributed by atoms with E-state index in [0.717, 1.165) is 18.7 Å². The fraction of sp³-hybridized carbons (Fsp3) is 0.526. The van der Waals surface area contributed by atoms with E-state index in [1.807, 2.05) is 0 Å². The molecule has 2 aromatic rings. The number of nitrogens with one attached hydrogen (secondary N) is 1. The number of benzene rings is 1. The topological polar surface area (TPSA) is 84.7 Å². The molecule has 1 aromatic carbocycles. The van der Waals surface area contributed by atoms with E-state index in [4.69, 9.17) is 4.42 Å². The van der Waals surface area contributed by atoms with Crippen LogP contribution >= 0.6 is 0 Å². The van der Waals surface area contributed by atoms with Crippen molar-refractivity contribution in [2.24, 2.45) is 5.92 Å². The van der Waals surface area contributed by atoms with E-state index in [0.29, 0.717) is 35.5 Å². The lowest BCUT2D eigenvalue weighted by molar-refractivity contribution is -0.162. The summed E-state index contributed by atoms with van der Waals surface area (Å²) in [5.41, 5.74) is 1.97. The van der Waals surface area contributed by atoms with E-state index < -0.39 is 18.9 Å². The lowest BCUT2D eigenvalue weighted by Crippen LogP contribution is -2.42. The molecule has 2 heterocycles. The van der Waals surface area contributed by atoms with Crippen LogP contribution in [0.1, 0.15) is 37.5 Å². The number of ether oxygens (including phenoxy) is 1. The molecule has 0 radical (unpaired) electrons. The number of fused-ring (bicyclic) bond motifs is 1. The first-order valence-corrected chi connectivity index (χ1v) is 9.48. The Hall–Kier alpha value is -2.78. The largest absolute Gasteiger partial charge is 0.440 e. The van der Waals surface area contributed by atoms with Gasteiger partial charge in [-0.2, -0.15) is 13.2 Å². The average molecular weight is 411 g/mol. The molecule has 7 nitrogen and oxygen atoms in total. The van der Waals surface area contributed by atoms with Gasteiger partial charge in [0.05, 0.1) is 0 Å². The van der Waals surface area contributed by atoms with Gasteiger partial charge >= 0.3 is 12.3 Å². The maximum Gasteiger partial charge on any atom is 0.422 e. The Balaban J connectivity index is 1.29. The van der Waals surface area contributed by atoms with Crippen molar-refractivity contribution in [1.82, 2.24) is 9.88 Å². The highest BCUT2D eigenvalue weighted by Gasteiger charge is 2.33. The fourth-order valence-electron chi connectivity index (χ4n) is 3.33. The molecule has 2 aliphatic rings. The molecule has 0 atom stereocenters. The third kappa shape index (κ3) is 4.80. The zero-order valence-corrected chi connectivity index (χ0v) is 15.5. The summed E-state index contributed by atoms with van der Waals surface area (Å²) < 4.78 is 46.4. The molecule has 0 spiro atoms. The van der Waals surface area contributed by atoms with Crippen LogP contribution in [0.2, 0.25) is 0 Å². The number of alkyl halides is 3. The van der Waals surface area contributed by atoms with Crippen molar-refractivity contribution in [2.75, 3.05) is 25.0 Å². The summed E-state index contributed by atoms with van der Waals surface area (Å²) in [5.74, 6) is 0.594. The molecule has 29 heavy (non-hydrogen) atoms. The van der Waals surface area contributed by atoms with Crippen molar-refractivity contribution >= 4 is 28.8 Å². The van der Waals surface area contributed by atoms with Crippen molar-refractivity contribution in [1.29, 1.82) is 0 Å². The summed E-state index contributed by atoms with van der Waals surface area (Å²) in [5, 5.41) is 2.84. The number of aromatic nitrogens is 1. The lowest BCUT2D eigenvalue weighted by atomic mass is 9.96. The van der Waals surface area contributed by atoms with Gasteiger partial charge in [-0.1, -0.05) is 0 Å². The minimum Gasteiger partial charge on any atom is -0.440 e. The van der Waals surface area contributed by atoms with Crippen LogP contribution < -0.4 is 5.32 Å². The normalized spacial score (nSPS) is 18.1. The molecule has 0 unspecified atom stereocenters. The Morgan fingerprint density at radius 1 is 1.21 bits per heavy atom. The zero-order valence-electron chi connectivity index (χ0n) is 15.5. The molecule has 1 saturated heterocycles. The van der Waals surface area contributed by atoms with Crippen molar-refractivity contribution in [3.05, 3.63) is 24.1 Å². The number of anilines is 1. The number of amides is 2. The molecule has 1 aliphatic heterocycles. The van der Waals surface area contributed by atoms with Gasteiger partial charge in [-0.05, 0) is 43.9 Å². The maximum atomic E-state index is 12.5. The molecule has 0 bridgehead atoms. The molecular formula is C19H20F3N3O4. The van der Waals surface area contributed by atoms with E-state index in [-0.39, 0.29) is 24.9 Å². The first-order chi connectivity index (χ1) is 13.8. The van der Waals surface area contributed by atoms with Gasteiger partial charge in [0, 0.05) is 30.6 Å². The summed E-state index contributed by atoms with van der Waals surface area (Å²) in [6.07, 6.45) is -2.70. The van der Waals surface area contributed by atoms with Gasteiger partial charge in [-0.25, -0.2) is 9.78 Å². The Bertz CT molecular complexity index is 915. The Kier molecular flexibility index (Phi) is 5.10. The number of rotatable bonds is 4. The second-order valence-corrected chi connectivity index (χ2v) is 7.43. The Morgan fingerprint density at radius 2 is 1.93 bits per heavy atom. The minimum atomic E-state index is -4.56. The monoisotopic (exact) mass is 411 g/mol. The van der Waals surface area contributed by atoms with Crippen LogP contribution in [0.25, 0.3) is 11.1 Å². The Morgan fingerprint density at radius 3 is 2.59 bits per heavy atom. The summed E-state index contributed by atoms with van der Waals surface area (Å²) in [6.45, 7) is -1.27. The van der Waals surface area contributed by atoms with E-state index in [1.54, 1.807) is 18.2 Å². The van der Waals surface area contributed by atoms with Crippen LogP contribution in [-0.2, 0) is 9.53 Å². The van der Waals surface area contributed by atoms with Gasteiger partial charge in [-0.3, -0.25) is 4.79 Å². The van der Waals surface area contributed by atoms with Crippen molar-refractivity contribution in [2.45, 2.75) is 37.8 Å². The molecule has 1 aliphatic carbocycles. The van der Waals surface area contributed by atoms with Crippen LogP contribution in [0.15, 0.2) is 22.6 Å². The molecule has 10 heteroatoms. The number of hydrogen-bond donors (Lipinski definition) is 1. The molecule has 1 saturated carbocycles. The SMILES string of the molecule is O=C(Nc1ccc2oc(C3CC3)nc2c1)C1CCN(C(=O)OCC(F)(F)F)CC1. The number of oxazole rings is 1. The minimum absolute atomic E-state index is 0.168. The van der Waals surface area contributed by atoms with E-state index in [9.17, 15) is 22.8 Å². The molecule has 4 rings (SSSR count). The smallest absolute Gasteiger partial charge is 0.422 e. The summed E-state index contributed by atoms with van der Waals surface area (Å²) in [6, 6.07) is 5.26. The van der Waals surface area contributed by atoms with E-state index in [1.165, 1.54) is 4.90 Å². The van der Waals surface area contributed by atoms with Gasteiger partial charge in [0.25, 0.3) is 0 Å². The van der Waals surface area contributed by atoms with Gasteiger partial charge in [0.2, 0.25) is 5.91 Å². The van der Waals surface area contributed by atoms with Crippen molar-refractivity contribution < 1.29 is 31.9 Å². The lowest BCUT2D eigenvalue weighted by Gasteiger charge is -2.30. The fourth-order valence-corrected chi connectivity index (χ4v) is 3.33. The van der Waals surface area contributed by atoms with Crippen LogP contribution in [-0.4, -0.2) is 47.8 Å². The summed E-state index contributed by atoms with van der Waals surface area (Å²) in [4.78, 5) is 29.9. The second-order valence-electron chi connectivity index (χ2n) is 7.43. The third-order valence-electron chi connectivity index (χ3n) is 5.08. The number of piperidine rings is 1. The quantitative estimate of drug-likeness (QED) is 0.820. The molecule has 1 N–H and O–H groups in total. The first kappa shape index (κ1) is 19.5. The van der Waals surface area contributed by atoms with E-state index >= 15 is 0 Å². The molecule has 156 valence electrons. The van der Waals surface area contributed by atoms with E-state index in [2.05, 4.69) is 15.0 Å². The molecule has 1 aromatic heterocycles. The molecular weight excluding hydrogens is 391 g/mol. The number of hydrogen-bond acceptors (Lipinski definition) is 5. The number of likely N-dealkylation sites (tertiary alicyclic amines) is 1. The van der Waals surface area contributed by atoms with Crippen LogP contribution in [0.3, 0.4) is 0 Å². The summed E-state index contributed by atoms with van der Waals surface area (Å²) in [7, 11) is 0. The number of carbonyl (C=O) groups excluding carboxylic acids is 2. The molecule has 2 fully saturated rings. The number of nitrogens with zero attached hydrogens (tertiary/aromatic N) is 2. The van der Waals surface area contributed by atoms with Gasteiger partial charge in [-0.15, -0.1) is 0 Å². The maximum absolute atomic E-state index is 12.5. The van der Waals surface area contributed by atoms with Crippen molar-refractivity contribution in [3.8, 4) is 0 Å². The highest BCUT2D eigenvalue weighted by Crippen LogP contribution is 2.40. The standard InChI is InChI=1S/C19H20F3N3O4/c20-19(21,22)10-28-18(27)25-7-5-11(6-8-25)16(26)23-13-3-4-15-14(9-13)24-17(29-15)12-1-2-12/h3-4,9,11-12H,1-2,5-8,10H2,(H,23,26). The molecule has 2 amide bonds. The van der Waals surface area contributed by atoms with Gasteiger partial charge in [0.1, 0.15) is 5.52 Å². The number of carbonyl (C=O) groups is 2. The second kappa shape index (κ2) is 7.57. The first-order valence-electron chi connectivity index (χ1n) is 9.48. The van der Waals surface area contributed by atoms with Crippen LogP contribution in [0.5, 0.6) is 0 Å². The average Bonchev–Trinajstić information content (AvgIpc) is 3.45. The third-order valence-corrected chi connectivity index (χ3v) is 5.08. The Labute approximate surface area is 164 Å². The zero-order chi connectivity index (χ0) is 20.6. The van der Waals surface area contributed by atoms with Crippen LogP contribution in [0.4, 0.5) is 23.7 Å². The highest BCUT2D eigenvalue weighted by molar-refractivity contribution is 5.94.